The first kappa shape index (κ1) is 12.6. The van der Waals surface area contributed by atoms with Crippen LogP contribution in [0.4, 0.5) is 0 Å². The van der Waals surface area contributed by atoms with E-state index in [0.29, 0.717) is 12.1 Å². The number of hydrogen-bond acceptors (Lipinski definition) is 2. The number of nitrogens with zero attached hydrogens (tertiary/aromatic N) is 2. The Bertz CT molecular complexity index is 324. The van der Waals surface area contributed by atoms with Crippen LogP contribution in [0.3, 0.4) is 0 Å². The molecule has 1 aromatic heterocycles. The molecule has 0 bridgehead atoms. The van der Waals surface area contributed by atoms with Crippen molar-refractivity contribution in [3.05, 3.63) is 18.0 Å². The maximum absolute atomic E-state index is 4.71. The summed E-state index contributed by atoms with van der Waals surface area (Å²) in [7, 11) is 0. The van der Waals surface area contributed by atoms with Crippen molar-refractivity contribution >= 4 is 0 Å². The van der Waals surface area contributed by atoms with Crippen molar-refractivity contribution in [2.24, 2.45) is 0 Å². The SMILES string of the molecule is CC(C)NCCc1ccn(C2CCCCC2)n1. The van der Waals surface area contributed by atoms with Crippen molar-refractivity contribution in [2.75, 3.05) is 6.54 Å². The van der Waals surface area contributed by atoms with Crippen LogP contribution in [0.1, 0.15) is 57.7 Å². The minimum Gasteiger partial charge on any atom is -0.314 e. The fourth-order valence-corrected chi connectivity index (χ4v) is 2.55. The highest BCUT2D eigenvalue weighted by molar-refractivity contribution is 5.00. The van der Waals surface area contributed by atoms with Gasteiger partial charge in [0.2, 0.25) is 0 Å². The van der Waals surface area contributed by atoms with E-state index < -0.39 is 0 Å². The molecule has 3 heteroatoms. The topological polar surface area (TPSA) is 29.9 Å². The molecule has 0 amide bonds. The van der Waals surface area contributed by atoms with Crippen molar-refractivity contribution in [3.8, 4) is 0 Å². The third-order valence-electron chi connectivity index (χ3n) is 3.55. The first-order valence-corrected chi connectivity index (χ1v) is 7.03. The van der Waals surface area contributed by atoms with E-state index in [1.807, 2.05) is 0 Å². The molecule has 96 valence electrons. The summed E-state index contributed by atoms with van der Waals surface area (Å²) in [5, 5.41) is 8.14. The van der Waals surface area contributed by atoms with Crippen LogP contribution in [0.5, 0.6) is 0 Å². The van der Waals surface area contributed by atoms with E-state index in [2.05, 4.69) is 36.1 Å². The van der Waals surface area contributed by atoms with E-state index in [1.165, 1.54) is 37.8 Å². The number of aromatic nitrogens is 2. The van der Waals surface area contributed by atoms with Crippen molar-refractivity contribution in [1.82, 2.24) is 15.1 Å². The zero-order valence-electron chi connectivity index (χ0n) is 11.2. The van der Waals surface area contributed by atoms with Gasteiger partial charge in [-0.25, -0.2) is 0 Å². The average molecular weight is 235 g/mol. The van der Waals surface area contributed by atoms with Crippen LogP contribution in [0.25, 0.3) is 0 Å². The van der Waals surface area contributed by atoms with Crippen LogP contribution < -0.4 is 5.32 Å². The highest BCUT2D eigenvalue weighted by Gasteiger charge is 2.15. The lowest BCUT2D eigenvalue weighted by atomic mass is 9.96. The summed E-state index contributed by atoms with van der Waals surface area (Å²) in [6, 6.07) is 3.40. The van der Waals surface area contributed by atoms with Gasteiger partial charge in [0, 0.05) is 25.2 Å². The molecular formula is C14H25N3. The summed E-state index contributed by atoms with van der Waals surface area (Å²) in [6.07, 6.45) is 9.97. The fraction of sp³-hybridized carbons (Fsp3) is 0.786. The predicted octanol–water partition coefficient (Wildman–Crippen LogP) is 2.93. The van der Waals surface area contributed by atoms with E-state index >= 15 is 0 Å². The van der Waals surface area contributed by atoms with Crippen LogP contribution >= 0.6 is 0 Å². The monoisotopic (exact) mass is 235 g/mol. The first-order chi connectivity index (χ1) is 8.25. The fourth-order valence-electron chi connectivity index (χ4n) is 2.55. The molecule has 0 unspecified atom stereocenters. The van der Waals surface area contributed by atoms with Crippen LogP contribution in [0.2, 0.25) is 0 Å². The summed E-state index contributed by atoms with van der Waals surface area (Å²) in [4.78, 5) is 0. The molecular weight excluding hydrogens is 210 g/mol. The maximum atomic E-state index is 4.71. The molecule has 17 heavy (non-hydrogen) atoms. The molecule has 1 aromatic rings. The predicted molar refractivity (Wildman–Crippen MR) is 71.2 cm³/mol. The van der Waals surface area contributed by atoms with Crippen molar-refractivity contribution < 1.29 is 0 Å². The molecule has 1 aliphatic carbocycles. The summed E-state index contributed by atoms with van der Waals surface area (Å²) in [5.74, 6) is 0. The minimum absolute atomic E-state index is 0.565. The van der Waals surface area contributed by atoms with Gasteiger partial charge in [-0.15, -0.1) is 0 Å². The quantitative estimate of drug-likeness (QED) is 0.850. The van der Waals surface area contributed by atoms with Crippen LogP contribution in [-0.4, -0.2) is 22.4 Å². The molecule has 0 saturated heterocycles. The Hall–Kier alpha value is -0.830. The number of rotatable bonds is 5. The lowest BCUT2D eigenvalue weighted by Crippen LogP contribution is -2.25. The Morgan fingerprint density at radius 1 is 1.35 bits per heavy atom. The number of nitrogens with one attached hydrogen (secondary N) is 1. The molecule has 3 nitrogen and oxygen atoms in total. The molecule has 2 rings (SSSR count). The Labute approximate surface area is 105 Å². The summed E-state index contributed by atoms with van der Waals surface area (Å²) < 4.78 is 2.20. The molecule has 1 aliphatic rings. The Morgan fingerprint density at radius 2 is 2.12 bits per heavy atom. The lowest BCUT2D eigenvalue weighted by Gasteiger charge is -2.21. The zero-order valence-corrected chi connectivity index (χ0v) is 11.2. The molecule has 0 aliphatic heterocycles. The Morgan fingerprint density at radius 3 is 2.82 bits per heavy atom. The molecule has 0 aromatic carbocycles. The Kier molecular flexibility index (Phi) is 4.60. The second kappa shape index (κ2) is 6.20. The zero-order chi connectivity index (χ0) is 12.1. The van der Waals surface area contributed by atoms with Gasteiger partial charge in [0.15, 0.2) is 0 Å². The van der Waals surface area contributed by atoms with Gasteiger partial charge in [-0.3, -0.25) is 4.68 Å². The summed E-state index contributed by atoms with van der Waals surface area (Å²) in [5.41, 5.74) is 1.23. The van der Waals surface area contributed by atoms with Crippen LogP contribution in [-0.2, 0) is 6.42 Å². The molecule has 0 spiro atoms. The lowest BCUT2D eigenvalue weighted by molar-refractivity contribution is 0.328. The van der Waals surface area contributed by atoms with E-state index in [1.54, 1.807) is 0 Å². The van der Waals surface area contributed by atoms with E-state index in [9.17, 15) is 0 Å². The molecule has 1 saturated carbocycles. The molecule has 0 radical (unpaired) electrons. The highest BCUT2D eigenvalue weighted by Crippen LogP contribution is 2.27. The highest BCUT2D eigenvalue weighted by atomic mass is 15.3. The smallest absolute Gasteiger partial charge is 0.0637 e. The third-order valence-corrected chi connectivity index (χ3v) is 3.55. The van der Waals surface area contributed by atoms with Gasteiger partial charge in [-0.2, -0.15) is 5.10 Å². The van der Waals surface area contributed by atoms with Gasteiger partial charge in [0.1, 0.15) is 0 Å². The average Bonchev–Trinajstić information content (AvgIpc) is 2.78. The van der Waals surface area contributed by atoms with Gasteiger partial charge in [-0.1, -0.05) is 33.1 Å². The second-order valence-electron chi connectivity index (χ2n) is 5.44. The van der Waals surface area contributed by atoms with E-state index in [4.69, 9.17) is 5.10 Å². The third kappa shape index (κ3) is 3.84. The van der Waals surface area contributed by atoms with Gasteiger partial charge < -0.3 is 5.32 Å². The molecule has 1 heterocycles. The maximum Gasteiger partial charge on any atom is 0.0637 e. The van der Waals surface area contributed by atoms with Crippen LogP contribution in [0.15, 0.2) is 12.3 Å². The van der Waals surface area contributed by atoms with Gasteiger partial charge in [0.05, 0.1) is 11.7 Å². The van der Waals surface area contributed by atoms with Crippen molar-refractivity contribution in [2.45, 2.75) is 64.5 Å². The molecule has 1 fully saturated rings. The normalized spacial score (nSPS) is 17.8. The largest absolute Gasteiger partial charge is 0.314 e. The van der Waals surface area contributed by atoms with Crippen LogP contribution in [0, 0.1) is 0 Å². The van der Waals surface area contributed by atoms with Gasteiger partial charge in [-0.05, 0) is 18.9 Å². The van der Waals surface area contributed by atoms with E-state index in [0.717, 1.165) is 13.0 Å². The second-order valence-corrected chi connectivity index (χ2v) is 5.44. The van der Waals surface area contributed by atoms with Gasteiger partial charge in [0.25, 0.3) is 0 Å². The minimum atomic E-state index is 0.565. The van der Waals surface area contributed by atoms with Gasteiger partial charge >= 0.3 is 0 Å². The van der Waals surface area contributed by atoms with Crippen molar-refractivity contribution in [1.29, 1.82) is 0 Å². The summed E-state index contributed by atoms with van der Waals surface area (Å²) in [6.45, 7) is 5.39. The Balaban J connectivity index is 1.82. The first-order valence-electron chi connectivity index (χ1n) is 7.03. The number of hydrogen-bond donors (Lipinski definition) is 1. The summed E-state index contributed by atoms with van der Waals surface area (Å²) >= 11 is 0. The molecule has 0 atom stereocenters. The molecule has 1 N–H and O–H groups in total. The van der Waals surface area contributed by atoms with E-state index in [-0.39, 0.29) is 0 Å². The standard InChI is InChI=1S/C14H25N3/c1-12(2)15-10-8-13-9-11-17(16-13)14-6-4-3-5-7-14/h9,11-12,14-15H,3-8,10H2,1-2H3. The van der Waals surface area contributed by atoms with Crippen molar-refractivity contribution in [3.63, 3.8) is 0 Å².